The lowest BCUT2D eigenvalue weighted by Crippen LogP contribution is -2.27. The summed E-state index contributed by atoms with van der Waals surface area (Å²) in [6, 6.07) is 12.0. The number of carbonyl (C=O) groups is 1. The van der Waals surface area contributed by atoms with Gasteiger partial charge >= 0.3 is 0 Å². The van der Waals surface area contributed by atoms with Crippen LogP contribution in [0.1, 0.15) is 15.9 Å². The van der Waals surface area contributed by atoms with Gasteiger partial charge in [0.25, 0.3) is 11.5 Å². The van der Waals surface area contributed by atoms with E-state index >= 15 is 4.39 Å². The standard InChI is InChI=1S/C29H22F2N6O3/c1-36-17-19(16-34-36)18-13-27(25(10-11-32)33-15-18)40-26-9-6-21(14-24(26)31)35-28(38)23-3-2-12-37(29(23)39)22-7-4-20(30)5-8-22/h2-17,32-33H,1H3,(H,35,38)/b25-10-,32-11?. The number of rotatable bonds is 7. The molecule has 0 spiro atoms. The molecule has 11 heteroatoms. The van der Waals surface area contributed by atoms with Crippen LogP contribution < -0.4 is 20.9 Å². The Balaban J connectivity index is 1.36. The number of aromatic nitrogens is 3. The molecule has 1 aliphatic rings. The van der Waals surface area contributed by atoms with Gasteiger partial charge in [-0.05, 0) is 60.7 Å². The van der Waals surface area contributed by atoms with Crippen LogP contribution in [0.15, 0.2) is 108 Å². The third-order valence-electron chi connectivity index (χ3n) is 5.93. The van der Waals surface area contributed by atoms with Crippen LogP contribution in [-0.2, 0) is 7.05 Å². The zero-order valence-electron chi connectivity index (χ0n) is 21.1. The second kappa shape index (κ2) is 11.0. The molecule has 0 aliphatic carbocycles. The first-order chi connectivity index (χ1) is 19.3. The number of pyridine rings is 1. The van der Waals surface area contributed by atoms with Gasteiger partial charge in [0.05, 0.1) is 11.9 Å². The fraction of sp³-hybridized carbons (Fsp3) is 0.0345. The number of amides is 1. The van der Waals surface area contributed by atoms with E-state index in [-0.39, 0.29) is 22.8 Å². The van der Waals surface area contributed by atoms with Crippen molar-refractivity contribution in [2.24, 2.45) is 7.05 Å². The lowest BCUT2D eigenvalue weighted by molar-refractivity contribution is 0.102. The Morgan fingerprint density at radius 1 is 1.15 bits per heavy atom. The number of hydrogen-bond acceptors (Lipinski definition) is 6. The molecule has 2 aromatic heterocycles. The molecule has 5 rings (SSSR count). The van der Waals surface area contributed by atoms with Crippen molar-refractivity contribution in [3.63, 3.8) is 0 Å². The topological polar surface area (TPSA) is 114 Å². The number of carbonyl (C=O) groups excluding carboxylic acids is 1. The predicted molar refractivity (Wildman–Crippen MR) is 146 cm³/mol. The number of halogens is 2. The van der Waals surface area contributed by atoms with E-state index in [0.717, 1.165) is 23.4 Å². The largest absolute Gasteiger partial charge is 0.452 e. The van der Waals surface area contributed by atoms with Crippen LogP contribution >= 0.6 is 0 Å². The highest BCUT2D eigenvalue weighted by Gasteiger charge is 2.18. The van der Waals surface area contributed by atoms with E-state index in [0.29, 0.717) is 11.4 Å². The molecule has 0 atom stereocenters. The van der Waals surface area contributed by atoms with Crippen LogP contribution in [0.5, 0.6) is 5.75 Å². The van der Waals surface area contributed by atoms with Crippen LogP contribution in [0, 0.1) is 17.0 Å². The van der Waals surface area contributed by atoms with Gasteiger partial charge in [-0.25, -0.2) is 8.78 Å². The van der Waals surface area contributed by atoms with Crippen molar-refractivity contribution in [1.82, 2.24) is 19.7 Å². The van der Waals surface area contributed by atoms with Crippen molar-refractivity contribution in [3.05, 3.63) is 136 Å². The summed E-state index contributed by atoms with van der Waals surface area (Å²) in [4.78, 5) is 25.8. The van der Waals surface area contributed by atoms with E-state index in [1.54, 1.807) is 30.2 Å². The molecule has 3 N–H and O–H groups in total. The van der Waals surface area contributed by atoms with Gasteiger partial charge in [0.2, 0.25) is 0 Å². The lowest BCUT2D eigenvalue weighted by Gasteiger charge is -2.19. The first-order valence-electron chi connectivity index (χ1n) is 12.0. The van der Waals surface area contributed by atoms with Crippen molar-refractivity contribution < 1.29 is 18.3 Å². The fourth-order valence-corrected chi connectivity index (χ4v) is 3.97. The summed E-state index contributed by atoms with van der Waals surface area (Å²) in [5.74, 6) is -1.80. The summed E-state index contributed by atoms with van der Waals surface area (Å²) in [7, 11) is 1.79. The molecule has 2 aromatic carbocycles. The number of allylic oxidation sites excluding steroid dienone is 3. The van der Waals surface area contributed by atoms with Gasteiger partial charge < -0.3 is 20.8 Å². The van der Waals surface area contributed by atoms with Crippen molar-refractivity contribution in [2.75, 3.05) is 5.32 Å². The number of aryl methyl sites for hydroxylation is 1. The highest BCUT2D eigenvalue weighted by molar-refractivity contribution is 6.04. The molecule has 0 saturated carbocycles. The van der Waals surface area contributed by atoms with Gasteiger partial charge in [0.15, 0.2) is 17.3 Å². The molecule has 1 amide bonds. The van der Waals surface area contributed by atoms with Gasteiger partial charge in [-0.3, -0.25) is 18.8 Å². The van der Waals surface area contributed by atoms with Crippen LogP contribution in [-0.4, -0.2) is 26.5 Å². The molecule has 4 aromatic rings. The predicted octanol–water partition coefficient (Wildman–Crippen LogP) is 4.54. The zero-order valence-corrected chi connectivity index (χ0v) is 21.1. The van der Waals surface area contributed by atoms with Gasteiger partial charge in [-0.1, -0.05) is 0 Å². The minimum absolute atomic E-state index is 0.105. The summed E-state index contributed by atoms with van der Waals surface area (Å²) in [5, 5.41) is 17.1. The molecule has 0 unspecified atom stereocenters. The zero-order chi connectivity index (χ0) is 28.2. The third-order valence-corrected chi connectivity index (χ3v) is 5.93. The van der Waals surface area contributed by atoms with Crippen molar-refractivity contribution in [3.8, 4) is 11.4 Å². The van der Waals surface area contributed by atoms with Crippen molar-refractivity contribution in [2.45, 2.75) is 0 Å². The average Bonchev–Trinajstić information content (AvgIpc) is 3.38. The Morgan fingerprint density at radius 3 is 2.65 bits per heavy atom. The van der Waals surface area contributed by atoms with E-state index < -0.39 is 23.1 Å². The second-order valence-electron chi connectivity index (χ2n) is 8.68. The fourth-order valence-electron chi connectivity index (χ4n) is 3.97. The Kier molecular flexibility index (Phi) is 7.18. The molecule has 0 bridgehead atoms. The molecule has 3 heterocycles. The molecule has 0 saturated heterocycles. The number of hydrogen-bond donors (Lipinski definition) is 3. The van der Waals surface area contributed by atoms with E-state index in [9.17, 15) is 14.0 Å². The maximum absolute atomic E-state index is 15.1. The molecule has 9 nitrogen and oxygen atoms in total. The van der Waals surface area contributed by atoms with E-state index in [4.69, 9.17) is 10.1 Å². The molecule has 0 fully saturated rings. The van der Waals surface area contributed by atoms with Crippen molar-refractivity contribution in [1.29, 1.82) is 5.41 Å². The van der Waals surface area contributed by atoms with Crippen LogP contribution in [0.2, 0.25) is 0 Å². The number of ether oxygens (including phenoxy) is 1. The van der Waals surface area contributed by atoms with Gasteiger partial charge in [0, 0.05) is 60.4 Å². The molecule has 0 radical (unpaired) electrons. The van der Waals surface area contributed by atoms with Crippen LogP contribution in [0.4, 0.5) is 14.5 Å². The summed E-state index contributed by atoms with van der Waals surface area (Å²) >= 11 is 0. The lowest BCUT2D eigenvalue weighted by atomic mass is 10.1. The molecular weight excluding hydrogens is 518 g/mol. The average molecular weight is 541 g/mol. The molecule has 1 aliphatic heterocycles. The number of dihydropyridines is 1. The monoisotopic (exact) mass is 540 g/mol. The highest BCUT2D eigenvalue weighted by Crippen LogP contribution is 2.29. The Labute approximate surface area is 226 Å². The maximum Gasteiger partial charge on any atom is 0.267 e. The van der Waals surface area contributed by atoms with Gasteiger partial charge in [-0.15, -0.1) is 0 Å². The molecule has 40 heavy (non-hydrogen) atoms. The molecule has 200 valence electrons. The highest BCUT2D eigenvalue weighted by atomic mass is 19.1. The van der Waals surface area contributed by atoms with Crippen LogP contribution in [0.3, 0.4) is 0 Å². The van der Waals surface area contributed by atoms with E-state index in [2.05, 4.69) is 15.7 Å². The summed E-state index contributed by atoms with van der Waals surface area (Å²) < 4.78 is 37.1. The van der Waals surface area contributed by atoms with Crippen molar-refractivity contribution >= 4 is 23.4 Å². The quantitative estimate of drug-likeness (QED) is 0.298. The number of nitrogens with zero attached hydrogens (tertiary/aromatic N) is 3. The Morgan fingerprint density at radius 2 is 1.95 bits per heavy atom. The number of benzene rings is 2. The molecular formula is C29H22F2N6O3. The summed E-state index contributed by atoms with van der Waals surface area (Å²) in [6.45, 7) is 0. The first-order valence-corrected chi connectivity index (χ1v) is 12.0. The minimum Gasteiger partial charge on any atom is -0.452 e. The van der Waals surface area contributed by atoms with E-state index in [1.807, 2.05) is 6.20 Å². The number of nitrogens with one attached hydrogen (secondary N) is 3. The Hall–Kier alpha value is -5.58. The Bertz CT molecular complexity index is 1770. The van der Waals surface area contributed by atoms with Gasteiger partial charge in [0.1, 0.15) is 11.4 Å². The SMILES string of the molecule is Cn1cc(C2=CN/C(=C\C=N)C(Oc3ccc(NC(=O)c4cccn(-c5ccc(F)cc5)c4=O)cc3F)=C2)cn1. The second-order valence-corrected chi connectivity index (χ2v) is 8.68. The summed E-state index contributed by atoms with van der Waals surface area (Å²) in [6.07, 6.45) is 10.9. The third kappa shape index (κ3) is 5.48. The van der Waals surface area contributed by atoms with Crippen LogP contribution in [0.25, 0.3) is 11.3 Å². The maximum atomic E-state index is 15.1. The summed E-state index contributed by atoms with van der Waals surface area (Å²) in [5.41, 5.74) is 1.69. The normalized spacial score (nSPS) is 13.7. The smallest absolute Gasteiger partial charge is 0.267 e. The van der Waals surface area contributed by atoms with E-state index in [1.165, 1.54) is 65.4 Å². The minimum atomic E-state index is -0.762. The van der Waals surface area contributed by atoms with Gasteiger partial charge in [-0.2, -0.15) is 5.10 Å². The number of anilines is 1. The first kappa shape index (κ1) is 26.0.